The minimum Gasteiger partial charge on any atom is -0.547 e. The zero-order valence-corrected chi connectivity index (χ0v) is 9.56. The van der Waals surface area contributed by atoms with Gasteiger partial charge in [-0.15, -0.1) is 0 Å². The highest BCUT2D eigenvalue weighted by molar-refractivity contribution is 6.03. The average molecular weight is 289 g/mol. The molecule has 0 fully saturated rings. The number of nitrogens with one attached hydrogen (secondary N) is 1. The SMILES string of the molecule is O=C(NC(C(=O)[O-])C(=O)[O-])c1ccc(C(F)(F)F)cc1. The molecule has 0 unspecified atom stereocenters. The van der Waals surface area contributed by atoms with Crippen LogP contribution in [0.2, 0.25) is 0 Å². The predicted molar refractivity (Wildman–Crippen MR) is 52.7 cm³/mol. The summed E-state index contributed by atoms with van der Waals surface area (Å²) in [7, 11) is 0. The summed E-state index contributed by atoms with van der Waals surface area (Å²) in [5.74, 6) is -5.40. The van der Waals surface area contributed by atoms with Crippen LogP contribution in [0.25, 0.3) is 0 Å². The standard InChI is InChI=1S/C11H8F3NO5/c12-11(13,14)6-3-1-5(2-4-6)8(16)15-7(9(17)18)10(19)20/h1-4,7H,(H,15,16)(H,17,18)(H,19,20)/p-2. The van der Waals surface area contributed by atoms with Crippen LogP contribution < -0.4 is 15.5 Å². The largest absolute Gasteiger partial charge is 0.547 e. The van der Waals surface area contributed by atoms with Crippen LogP contribution in [0.3, 0.4) is 0 Å². The summed E-state index contributed by atoms with van der Waals surface area (Å²) in [5, 5.41) is 22.3. The molecule has 0 atom stereocenters. The zero-order valence-electron chi connectivity index (χ0n) is 9.56. The first-order valence-electron chi connectivity index (χ1n) is 5.02. The number of carbonyl (C=O) groups excluding carboxylic acids is 3. The van der Waals surface area contributed by atoms with Gasteiger partial charge in [-0.25, -0.2) is 0 Å². The summed E-state index contributed by atoms with van der Waals surface area (Å²) < 4.78 is 36.8. The second kappa shape index (κ2) is 5.59. The van der Waals surface area contributed by atoms with Crippen molar-refractivity contribution in [3.63, 3.8) is 0 Å². The summed E-state index contributed by atoms with van der Waals surface area (Å²) in [4.78, 5) is 32.2. The third-order valence-corrected chi connectivity index (χ3v) is 2.22. The molecule has 1 N–H and O–H groups in total. The average Bonchev–Trinajstić information content (AvgIpc) is 2.34. The summed E-state index contributed by atoms with van der Waals surface area (Å²) in [6, 6.07) is 0.355. The molecule has 1 amide bonds. The van der Waals surface area contributed by atoms with Gasteiger partial charge in [0.15, 0.2) is 0 Å². The smallest absolute Gasteiger partial charge is 0.416 e. The number of amides is 1. The highest BCUT2D eigenvalue weighted by Crippen LogP contribution is 2.29. The molecule has 0 spiro atoms. The first kappa shape index (κ1) is 15.5. The van der Waals surface area contributed by atoms with Gasteiger partial charge >= 0.3 is 6.18 Å². The topological polar surface area (TPSA) is 109 Å². The highest BCUT2D eigenvalue weighted by Gasteiger charge is 2.30. The van der Waals surface area contributed by atoms with Crippen LogP contribution >= 0.6 is 0 Å². The van der Waals surface area contributed by atoms with Crippen LogP contribution in [-0.4, -0.2) is 23.9 Å². The van der Waals surface area contributed by atoms with Crippen LogP contribution in [0.1, 0.15) is 15.9 Å². The van der Waals surface area contributed by atoms with Crippen molar-refractivity contribution in [2.75, 3.05) is 0 Å². The van der Waals surface area contributed by atoms with Gasteiger partial charge in [0.2, 0.25) is 0 Å². The molecule has 0 radical (unpaired) electrons. The highest BCUT2D eigenvalue weighted by atomic mass is 19.4. The van der Waals surface area contributed by atoms with Gasteiger partial charge in [0.1, 0.15) is 6.04 Å². The normalized spacial score (nSPS) is 11.2. The lowest BCUT2D eigenvalue weighted by atomic mass is 10.1. The number of hydrogen-bond donors (Lipinski definition) is 1. The molecule has 1 aromatic carbocycles. The van der Waals surface area contributed by atoms with E-state index in [-0.39, 0.29) is 5.56 Å². The Labute approximate surface area is 109 Å². The summed E-state index contributed by atoms with van der Waals surface area (Å²) in [5.41, 5.74) is -1.35. The fourth-order valence-corrected chi connectivity index (χ4v) is 1.24. The van der Waals surface area contributed by atoms with Gasteiger partial charge in [-0.3, -0.25) is 4.79 Å². The second-order valence-electron chi connectivity index (χ2n) is 3.62. The molecule has 0 saturated carbocycles. The van der Waals surface area contributed by atoms with E-state index in [0.29, 0.717) is 12.1 Å². The number of halogens is 3. The Kier molecular flexibility index (Phi) is 4.33. The first-order valence-corrected chi connectivity index (χ1v) is 5.02. The van der Waals surface area contributed by atoms with Crippen molar-refractivity contribution in [2.45, 2.75) is 12.2 Å². The fourth-order valence-electron chi connectivity index (χ4n) is 1.24. The Morgan fingerprint density at radius 3 is 1.80 bits per heavy atom. The summed E-state index contributed by atoms with van der Waals surface area (Å²) in [6.45, 7) is 0. The molecule has 108 valence electrons. The maximum absolute atomic E-state index is 12.3. The third kappa shape index (κ3) is 3.70. The molecule has 0 aliphatic heterocycles. The maximum Gasteiger partial charge on any atom is 0.416 e. The Morgan fingerprint density at radius 1 is 1.00 bits per heavy atom. The molecule has 0 aliphatic rings. The zero-order chi connectivity index (χ0) is 15.5. The van der Waals surface area contributed by atoms with E-state index in [9.17, 15) is 37.8 Å². The molecule has 0 saturated heterocycles. The lowest BCUT2D eigenvalue weighted by Crippen LogP contribution is -2.57. The Hall–Kier alpha value is -2.58. The fraction of sp³-hybridized carbons (Fsp3) is 0.182. The molecule has 6 nitrogen and oxygen atoms in total. The molecule has 9 heteroatoms. The van der Waals surface area contributed by atoms with Gasteiger partial charge in [0, 0.05) is 5.56 Å². The van der Waals surface area contributed by atoms with Crippen molar-refractivity contribution in [3.05, 3.63) is 35.4 Å². The number of rotatable bonds is 4. The van der Waals surface area contributed by atoms with E-state index in [1.807, 2.05) is 0 Å². The van der Waals surface area contributed by atoms with Crippen LogP contribution in [-0.2, 0) is 15.8 Å². The van der Waals surface area contributed by atoms with E-state index in [4.69, 9.17) is 0 Å². The van der Waals surface area contributed by atoms with E-state index < -0.39 is 35.6 Å². The molecule has 20 heavy (non-hydrogen) atoms. The molecule has 1 rings (SSSR count). The van der Waals surface area contributed by atoms with Gasteiger partial charge in [-0.05, 0) is 24.3 Å². The van der Waals surface area contributed by atoms with Crippen molar-refractivity contribution in [2.24, 2.45) is 0 Å². The van der Waals surface area contributed by atoms with Crippen LogP contribution in [0.5, 0.6) is 0 Å². The van der Waals surface area contributed by atoms with Crippen LogP contribution in [0, 0.1) is 0 Å². The van der Waals surface area contributed by atoms with Crippen molar-refractivity contribution >= 4 is 17.8 Å². The monoisotopic (exact) mass is 289 g/mol. The second-order valence-corrected chi connectivity index (χ2v) is 3.62. The van der Waals surface area contributed by atoms with E-state index >= 15 is 0 Å². The minimum atomic E-state index is -4.59. The minimum absolute atomic E-state index is 0.342. The molecule has 0 heterocycles. The number of carbonyl (C=O) groups is 3. The van der Waals surface area contributed by atoms with E-state index in [1.165, 1.54) is 0 Å². The summed E-state index contributed by atoms with van der Waals surface area (Å²) >= 11 is 0. The first-order chi connectivity index (χ1) is 9.12. The number of alkyl halides is 3. The number of hydrogen-bond acceptors (Lipinski definition) is 5. The van der Waals surface area contributed by atoms with Gasteiger partial charge < -0.3 is 25.1 Å². The molecular formula is C11H6F3NO5-2. The lowest BCUT2D eigenvalue weighted by Gasteiger charge is -2.20. The third-order valence-electron chi connectivity index (χ3n) is 2.22. The van der Waals surface area contributed by atoms with Gasteiger partial charge in [-0.1, -0.05) is 0 Å². The van der Waals surface area contributed by atoms with Crippen molar-refractivity contribution in [1.29, 1.82) is 0 Å². The van der Waals surface area contributed by atoms with Gasteiger partial charge in [-0.2, -0.15) is 13.2 Å². The van der Waals surface area contributed by atoms with Crippen LogP contribution in [0.4, 0.5) is 13.2 Å². The molecular weight excluding hydrogens is 283 g/mol. The summed E-state index contributed by atoms with van der Waals surface area (Å²) in [6.07, 6.45) is -4.59. The Morgan fingerprint density at radius 2 is 1.45 bits per heavy atom. The Bertz CT molecular complexity index is 524. The van der Waals surface area contributed by atoms with Crippen molar-refractivity contribution < 1.29 is 37.8 Å². The molecule has 1 aromatic rings. The van der Waals surface area contributed by atoms with E-state index in [2.05, 4.69) is 0 Å². The van der Waals surface area contributed by atoms with Crippen LogP contribution in [0.15, 0.2) is 24.3 Å². The quantitative estimate of drug-likeness (QED) is 0.665. The van der Waals surface area contributed by atoms with Crippen molar-refractivity contribution in [1.82, 2.24) is 5.32 Å². The predicted octanol–water partition coefficient (Wildman–Crippen LogP) is -1.70. The van der Waals surface area contributed by atoms with E-state index in [1.54, 1.807) is 5.32 Å². The number of carboxylic acid groups (broad SMARTS) is 2. The number of carboxylic acids is 2. The van der Waals surface area contributed by atoms with Gasteiger partial charge in [0.25, 0.3) is 5.91 Å². The number of benzene rings is 1. The molecule has 0 bridgehead atoms. The number of aliphatic carboxylic acids is 2. The Balaban J connectivity index is 2.88. The van der Waals surface area contributed by atoms with Gasteiger partial charge in [0.05, 0.1) is 17.5 Å². The molecule has 0 aliphatic carbocycles. The maximum atomic E-state index is 12.3. The lowest BCUT2D eigenvalue weighted by molar-refractivity contribution is -0.326. The molecule has 0 aromatic heterocycles. The van der Waals surface area contributed by atoms with E-state index in [0.717, 1.165) is 12.1 Å². The van der Waals surface area contributed by atoms with Crippen molar-refractivity contribution in [3.8, 4) is 0 Å².